The second kappa shape index (κ2) is 6.03. The highest BCUT2D eigenvalue weighted by atomic mass is 16.5. The van der Waals surface area contributed by atoms with Crippen molar-refractivity contribution in [1.82, 2.24) is 24.8 Å². The summed E-state index contributed by atoms with van der Waals surface area (Å²) in [5.74, 6) is 2.75. The van der Waals surface area contributed by atoms with Gasteiger partial charge in [-0.2, -0.15) is 10.1 Å². The van der Waals surface area contributed by atoms with E-state index in [1.807, 2.05) is 22.8 Å². The highest BCUT2D eigenvalue weighted by molar-refractivity contribution is 5.73. The zero-order valence-corrected chi connectivity index (χ0v) is 13.9. The minimum Gasteiger partial charge on any atom is -0.376 e. The molecule has 0 radical (unpaired) electrons. The summed E-state index contributed by atoms with van der Waals surface area (Å²) >= 11 is 0. The molecule has 4 heterocycles. The van der Waals surface area contributed by atoms with Crippen molar-refractivity contribution < 1.29 is 4.74 Å². The van der Waals surface area contributed by atoms with E-state index in [2.05, 4.69) is 37.0 Å². The number of hydrogen-bond acceptors (Lipinski definition) is 6. The lowest BCUT2D eigenvalue weighted by molar-refractivity contribution is 0.120. The number of H-pyrrole nitrogens is 1. The number of aromatic nitrogens is 5. The summed E-state index contributed by atoms with van der Waals surface area (Å²) in [5.41, 5.74) is 2.11. The summed E-state index contributed by atoms with van der Waals surface area (Å²) in [6.07, 6.45) is 6.86. The van der Waals surface area contributed by atoms with Gasteiger partial charge in [0.2, 0.25) is 5.95 Å². The predicted molar refractivity (Wildman–Crippen MR) is 94.3 cm³/mol. The minimum atomic E-state index is 0.243. The first-order chi connectivity index (χ1) is 12.3. The zero-order valence-electron chi connectivity index (χ0n) is 13.9. The van der Waals surface area contributed by atoms with Crippen LogP contribution in [0, 0.1) is 0 Å². The molecule has 25 heavy (non-hydrogen) atoms. The number of anilines is 3. The van der Waals surface area contributed by atoms with E-state index in [0.717, 1.165) is 43.1 Å². The van der Waals surface area contributed by atoms with Crippen LogP contribution in [0.1, 0.15) is 37.3 Å². The van der Waals surface area contributed by atoms with Gasteiger partial charge in [0.05, 0.1) is 6.10 Å². The maximum Gasteiger partial charge on any atom is 0.243 e. The van der Waals surface area contributed by atoms with Gasteiger partial charge in [0.25, 0.3) is 0 Å². The lowest BCUT2D eigenvalue weighted by Crippen LogP contribution is -2.20. The largest absolute Gasteiger partial charge is 0.376 e. The Morgan fingerprint density at radius 2 is 2.28 bits per heavy atom. The van der Waals surface area contributed by atoms with Crippen molar-refractivity contribution in [2.45, 2.75) is 37.7 Å². The van der Waals surface area contributed by atoms with Crippen LogP contribution >= 0.6 is 0 Å². The predicted octanol–water partition coefficient (Wildman–Crippen LogP) is 2.66. The fourth-order valence-electron chi connectivity index (χ4n) is 3.24. The number of rotatable bonds is 6. The lowest BCUT2D eigenvalue weighted by Gasteiger charge is -2.12. The topological polar surface area (TPSA) is 92.2 Å². The molecule has 1 atom stereocenters. The molecule has 3 aromatic rings. The Bertz CT molecular complexity index is 876. The van der Waals surface area contributed by atoms with E-state index >= 15 is 0 Å². The molecule has 5 rings (SSSR count). The van der Waals surface area contributed by atoms with Crippen LogP contribution in [0.4, 0.5) is 17.6 Å². The summed E-state index contributed by atoms with van der Waals surface area (Å²) in [6, 6.07) is 6.01. The first-order valence-electron chi connectivity index (χ1n) is 8.88. The summed E-state index contributed by atoms with van der Waals surface area (Å²) in [4.78, 5) is 4.64. The van der Waals surface area contributed by atoms with Gasteiger partial charge in [-0.05, 0) is 37.8 Å². The minimum absolute atomic E-state index is 0.243. The van der Waals surface area contributed by atoms with E-state index in [1.165, 1.54) is 18.5 Å². The number of aromatic amines is 1. The van der Waals surface area contributed by atoms with Gasteiger partial charge in [-0.15, -0.1) is 5.10 Å². The van der Waals surface area contributed by atoms with E-state index in [9.17, 15) is 0 Å². The Kier molecular flexibility index (Phi) is 3.55. The van der Waals surface area contributed by atoms with Gasteiger partial charge in [-0.25, -0.2) is 4.52 Å². The van der Waals surface area contributed by atoms with Crippen molar-refractivity contribution in [2.75, 3.05) is 23.8 Å². The third-order valence-corrected chi connectivity index (χ3v) is 4.76. The van der Waals surface area contributed by atoms with Crippen LogP contribution in [0.3, 0.4) is 0 Å². The number of hydrogen-bond donors (Lipinski definition) is 3. The van der Waals surface area contributed by atoms with Gasteiger partial charge in [-0.1, -0.05) is 0 Å². The van der Waals surface area contributed by atoms with E-state index in [1.54, 1.807) is 0 Å². The van der Waals surface area contributed by atoms with E-state index in [4.69, 9.17) is 4.74 Å². The fourth-order valence-corrected chi connectivity index (χ4v) is 3.24. The molecule has 3 aromatic heterocycles. The molecule has 2 fully saturated rings. The van der Waals surface area contributed by atoms with Crippen molar-refractivity contribution in [3.05, 3.63) is 30.1 Å². The smallest absolute Gasteiger partial charge is 0.243 e. The Morgan fingerprint density at radius 3 is 3.12 bits per heavy atom. The third-order valence-electron chi connectivity index (χ3n) is 4.76. The molecule has 0 amide bonds. The molecular weight excluding hydrogens is 318 g/mol. The fraction of sp³-hybridized carbons (Fsp3) is 0.471. The Morgan fingerprint density at radius 1 is 1.32 bits per heavy atom. The normalized spacial score (nSPS) is 20.2. The Hall–Kier alpha value is -2.61. The molecule has 1 saturated carbocycles. The molecule has 8 nitrogen and oxygen atoms in total. The number of nitrogens with zero attached hydrogens (tertiary/aromatic N) is 4. The number of nitrogens with one attached hydrogen (secondary N) is 3. The van der Waals surface area contributed by atoms with Crippen LogP contribution in [-0.4, -0.2) is 44.1 Å². The van der Waals surface area contributed by atoms with Gasteiger partial charge < -0.3 is 15.4 Å². The van der Waals surface area contributed by atoms with E-state index in [-0.39, 0.29) is 6.10 Å². The molecule has 1 aliphatic carbocycles. The SMILES string of the molecule is c1cc2c(Nc3cc(C4CC4)[nH]n3)nc(NC[C@@H]3CCCO3)nn2c1. The molecule has 2 aliphatic rings. The van der Waals surface area contributed by atoms with Crippen LogP contribution in [0.2, 0.25) is 0 Å². The number of fused-ring (bicyclic) bond motifs is 1. The number of ether oxygens (including phenoxy) is 1. The molecule has 3 N–H and O–H groups in total. The maximum absolute atomic E-state index is 5.65. The van der Waals surface area contributed by atoms with Gasteiger partial charge in [0.15, 0.2) is 11.6 Å². The lowest BCUT2D eigenvalue weighted by atomic mass is 10.2. The second-order valence-electron chi connectivity index (χ2n) is 6.75. The molecule has 0 bridgehead atoms. The highest BCUT2D eigenvalue weighted by Crippen LogP contribution is 2.39. The van der Waals surface area contributed by atoms with Gasteiger partial charge in [-0.3, -0.25) is 5.10 Å². The monoisotopic (exact) mass is 339 g/mol. The van der Waals surface area contributed by atoms with Gasteiger partial charge in [0.1, 0.15) is 5.52 Å². The third kappa shape index (κ3) is 3.05. The molecule has 1 saturated heterocycles. The summed E-state index contributed by atoms with van der Waals surface area (Å²) in [5, 5.41) is 18.6. The van der Waals surface area contributed by atoms with Crippen molar-refractivity contribution in [3.63, 3.8) is 0 Å². The van der Waals surface area contributed by atoms with Crippen LogP contribution in [0.15, 0.2) is 24.4 Å². The standard InChI is InChI=1S/C17H21N7O/c1-4-14-16(19-15-9-13(21-22-15)11-5-6-11)20-17(23-24(14)7-1)18-10-12-3-2-8-25-12/h1,4,7,9,11-12H,2-3,5-6,8,10H2,(H3,18,19,20,21,22,23)/t12-/m0/s1. The maximum atomic E-state index is 5.65. The van der Waals surface area contributed by atoms with Crippen molar-refractivity contribution in [1.29, 1.82) is 0 Å². The Labute approximate surface area is 145 Å². The van der Waals surface area contributed by atoms with Gasteiger partial charge in [0, 0.05) is 37.0 Å². The molecule has 0 spiro atoms. The van der Waals surface area contributed by atoms with E-state index in [0.29, 0.717) is 11.9 Å². The zero-order chi connectivity index (χ0) is 16.6. The van der Waals surface area contributed by atoms with E-state index < -0.39 is 0 Å². The molecule has 1 aliphatic heterocycles. The first-order valence-corrected chi connectivity index (χ1v) is 8.88. The summed E-state index contributed by atoms with van der Waals surface area (Å²) in [6.45, 7) is 1.57. The van der Waals surface area contributed by atoms with Crippen LogP contribution in [-0.2, 0) is 4.74 Å². The molecular formula is C17H21N7O. The average Bonchev–Trinajstić information content (AvgIpc) is 3.06. The van der Waals surface area contributed by atoms with Crippen molar-refractivity contribution in [2.24, 2.45) is 0 Å². The highest BCUT2D eigenvalue weighted by Gasteiger charge is 2.25. The van der Waals surface area contributed by atoms with Crippen molar-refractivity contribution >= 4 is 23.1 Å². The summed E-state index contributed by atoms with van der Waals surface area (Å²) in [7, 11) is 0. The average molecular weight is 339 g/mol. The Balaban J connectivity index is 1.38. The summed E-state index contributed by atoms with van der Waals surface area (Å²) < 4.78 is 7.47. The van der Waals surface area contributed by atoms with Crippen LogP contribution < -0.4 is 10.6 Å². The molecule has 0 aromatic carbocycles. The van der Waals surface area contributed by atoms with Crippen LogP contribution in [0.25, 0.3) is 5.52 Å². The first kappa shape index (κ1) is 14.7. The van der Waals surface area contributed by atoms with Crippen molar-refractivity contribution in [3.8, 4) is 0 Å². The molecule has 8 heteroatoms. The second-order valence-corrected chi connectivity index (χ2v) is 6.75. The quantitative estimate of drug-likeness (QED) is 0.639. The molecule has 0 unspecified atom stereocenters. The van der Waals surface area contributed by atoms with Gasteiger partial charge >= 0.3 is 0 Å². The molecule has 130 valence electrons. The van der Waals surface area contributed by atoms with Crippen LogP contribution in [0.5, 0.6) is 0 Å².